The van der Waals surface area contributed by atoms with Gasteiger partial charge < -0.3 is 19.1 Å². The Balaban J connectivity index is 1.37. The van der Waals surface area contributed by atoms with Crippen molar-refractivity contribution in [1.82, 2.24) is 19.4 Å². The number of hydrogen-bond donors (Lipinski definition) is 1. The minimum absolute atomic E-state index is 0.0839. The molecule has 2 aromatic heterocycles. The van der Waals surface area contributed by atoms with Crippen LogP contribution in [0.5, 0.6) is 11.6 Å². The largest absolute Gasteiger partial charge is 0.478 e. The zero-order valence-electron chi connectivity index (χ0n) is 20.4. The fourth-order valence-electron chi connectivity index (χ4n) is 4.44. The summed E-state index contributed by atoms with van der Waals surface area (Å²) >= 11 is 12.2. The molecule has 1 N–H and O–H groups in total. The fourth-order valence-corrected chi connectivity index (χ4v) is 4.83. The first-order valence-electron chi connectivity index (χ1n) is 11.7. The van der Waals surface area contributed by atoms with Crippen LogP contribution in [0.3, 0.4) is 0 Å². The first-order chi connectivity index (χ1) is 18.6. The van der Waals surface area contributed by atoms with E-state index in [0.29, 0.717) is 48.0 Å². The molecule has 0 spiro atoms. The van der Waals surface area contributed by atoms with E-state index in [4.69, 9.17) is 27.9 Å². The number of aryl methyl sites for hydroxylation is 1. The molecule has 1 aliphatic heterocycles. The minimum atomic E-state index is -3.13. The number of carboxylic acid groups (broad SMARTS) is 1. The van der Waals surface area contributed by atoms with Gasteiger partial charge in [-0.1, -0.05) is 29.3 Å². The quantitative estimate of drug-likeness (QED) is 0.279. The van der Waals surface area contributed by atoms with Crippen molar-refractivity contribution < 1.29 is 32.5 Å². The van der Waals surface area contributed by atoms with E-state index >= 15 is 0 Å². The Kier molecular flexibility index (Phi) is 7.57. The summed E-state index contributed by atoms with van der Waals surface area (Å²) in [7, 11) is 1.68. The number of carboxylic acids is 1. The van der Waals surface area contributed by atoms with Crippen molar-refractivity contribution in [2.45, 2.75) is 32.7 Å². The van der Waals surface area contributed by atoms with Gasteiger partial charge in [0.15, 0.2) is 5.75 Å². The molecule has 1 aliphatic rings. The predicted molar refractivity (Wildman–Crippen MR) is 137 cm³/mol. The average molecular weight is 581 g/mol. The number of benzene rings is 2. The number of fused-ring (bicyclic) bond motifs is 2. The van der Waals surface area contributed by atoms with Gasteiger partial charge in [0.25, 0.3) is 0 Å². The van der Waals surface area contributed by atoms with Gasteiger partial charge in [-0.3, -0.25) is 4.90 Å². The first kappa shape index (κ1) is 27.0. The van der Waals surface area contributed by atoms with E-state index in [1.165, 1.54) is 18.2 Å². The maximum absolute atomic E-state index is 14.1. The molecule has 0 atom stereocenters. The Morgan fingerprint density at radius 3 is 2.69 bits per heavy atom. The van der Waals surface area contributed by atoms with Crippen LogP contribution in [0.4, 0.5) is 13.2 Å². The van der Waals surface area contributed by atoms with Crippen molar-refractivity contribution in [2.24, 2.45) is 7.05 Å². The summed E-state index contributed by atoms with van der Waals surface area (Å²) in [5.41, 5.74) is 2.29. The lowest BCUT2D eigenvalue weighted by atomic mass is 10.1. The highest BCUT2D eigenvalue weighted by Crippen LogP contribution is 2.32. The molecule has 204 valence electrons. The predicted octanol–water partition coefficient (Wildman–Crippen LogP) is 5.85. The second-order valence-electron chi connectivity index (χ2n) is 8.98. The number of pyridine rings is 1. The van der Waals surface area contributed by atoms with E-state index in [0.717, 1.165) is 17.3 Å². The number of nitrogens with zero attached hydrogens (tertiary/aromatic N) is 4. The Morgan fingerprint density at radius 2 is 1.97 bits per heavy atom. The molecule has 0 radical (unpaired) electrons. The molecule has 0 aliphatic carbocycles. The smallest absolute Gasteiger partial charge is 0.387 e. The lowest BCUT2D eigenvalue weighted by Gasteiger charge is -2.28. The number of rotatable bonds is 8. The summed E-state index contributed by atoms with van der Waals surface area (Å²) < 4.78 is 52.0. The highest BCUT2D eigenvalue weighted by Gasteiger charge is 2.24. The zero-order valence-corrected chi connectivity index (χ0v) is 21.9. The van der Waals surface area contributed by atoms with E-state index < -0.39 is 18.4 Å². The van der Waals surface area contributed by atoms with Gasteiger partial charge in [-0.05, 0) is 42.3 Å². The summed E-state index contributed by atoms with van der Waals surface area (Å²) in [4.78, 5) is 22.6. The molecular formula is C26H21Cl2F3N4O4. The van der Waals surface area contributed by atoms with E-state index in [9.17, 15) is 23.1 Å². The minimum Gasteiger partial charge on any atom is -0.478 e. The van der Waals surface area contributed by atoms with E-state index in [1.807, 2.05) is 0 Å². The molecule has 3 heterocycles. The highest BCUT2D eigenvalue weighted by molar-refractivity contribution is 6.32. The lowest BCUT2D eigenvalue weighted by molar-refractivity contribution is -0.0489. The van der Waals surface area contributed by atoms with Gasteiger partial charge in [0.05, 0.1) is 23.3 Å². The van der Waals surface area contributed by atoms with Crippen LogP contribution in [-0.4, -0.2) is 43.7 Å². The van der Waals surface area contributed by atoms with E-state index in [1.54, 1.807) is 23.7 Å². The van der Waals surface area contributed by atoms with Crippen LogP contribution in [0.2, 0.25) is 10.0 Å². The molecular weight excluding hydrogens is 560 g/mol. The molecule has 0 fully saturated rings. The summed E-state index contributed by atoms with van der Waals surface area (Å²) in [6.45, 7) is -1.82. The molecule has 13 heteroatoms. The van der Waals surface area contributed by atoms with Gasteiger partial charge in [-0.25, -0.2) is 19.2 Å². The van der Waals surface area contributed by atoms with Crippen LogP contribution in [0.25, 0.3) is 11.0 Å². The number of aromatic carboxylic acids is 1. The Morgan fingerprint density at radius 1 is 1.18 bits per heavy atom. The number of carbonyl (C=O) groups is 1. The van der Waals surface area contributed by atoms with Crippen LogP contribution in [0, 0.1) is 5.82 Å². The van der Waals surface area contributed by atoms with Gasteiger partial charge in [0, 0.05) is 30.7 Å². The van der Waals surface area contributed by atoms with Crippen molar-refractivity contribution in [3.05, 3.63) is 80.5 Å². The third kappa shape index (κ3) is 5.75. The number of ether oxygens (including phenoxy) is 2. The maximum atomic E-state index is 14.1. The normalized spacial score (nSPS) is 13.6. The van der Waals surface area contributed by atoms with Gasteiger partial charge >= 0.3 is 12.6 Å². The van der Waals surface area contributed by atoms with Crippen LogP contribution < -0.4 is 9.47 Å². The molecule has 2 aromatic carbocycles. The van der Waals surface area contributed by atoms with Crippen LogP contribution in [0.1, 0.15) is 33.0 Å². The molecule has 0 bridgehead atoms. The summed E-state index contributed by atoms with van der Waals surface area (Å²) in [5.74, 6) is -1.38. The number of aromatic nitrogens is 3. The van der Waals surface area contributed by atoms with Gasteiger partial charge in [-0.15, -0.1) is 0 Å². The molecule has 0 amide bonds. The van der Waals surface area contributed by atoms with Gasteiger partial charge in [0.2, 0.25) is 5.88 Å². The summed E-state index contributed by atoms with van der Waals surface area (Å²) in [6.07, 6.45) is 0.640. The zero-order chi connectivity index (χ0) is 27.8. The average Bonchev–Trinajstić information content (AvgIpc) is 3.18. The molecule has 39 heavy (non-hydrogen) atoms. The SMILES string of the molecule is Cn1c(CN2CCc3cc(Cl)c(OCc4ccc(Cl)cc4F)nc3C2)nc2c(OC(F)F)cc(C(=O)O)cc21. The first-order valence-corrected chi connectivity index (χ1v) is 12.5. The highest BCUT2D eigenvalue weighted by atomic mass is 35.5. The van der Waals surface area contributed by atoms with Crippen molar-refractivity contribution in [1.29, 1.82) is 0 Å². The fraction of sp³-hybridized carbons (Fsp3) is 0.269. The molecule has 8 nitrogen and oxygen atoms in total. The molecule has 5 rings (SSSR count). The van der Waals surface area contributed by atoms with Crippen LogP contribution in [0.15, 0.2) is 36.4 Å². The van der Waals surface area contributed by atoms with Crippen molar-refractivity contribution in [3.63, 3.8) is 0 Å². The molecule has 4 aromatic rings. The Hall–Kier alpha value is -3.54. The summed E-state index contributed by atoms with van der Waals surface area (Å²) in [5, 5.41) is 9.98. The Labute approximate surface area is 230 Å². The van der Waals surface area contributed by atoms with Crippen LogP contribution >= 0.6 is 23.2 Å². The lowest BCUT2D eigenvalue weighted by Crippen LogP contribution is -2.31. The topological polar surface area (TPSA) is 89.7 Å². The van der Waals surface area contributed by atoms with E-state index in [-0.39, 0.29) is 34.3 Å². The van der Waals surface area contributed by atoms with Crippen molar-refractivity contribution in [3.8, 4) is 11.6 Å². The van der Waals surface area contributed by atoms with Gasteiger partial charge in [-0.2, -0.15) is 8.78 Å². The second kappa shape index (κ2) is 10.9. The third-order valence-electron chi connectivity index (χ3n) is 6.43. The monoisotopic (exact) mass is 580 g/mol. The van der Waals surface area contributed by atoms with E-state index in [2.05, 4.69) is 19.6 Å². The van der Waals surface area contributed by atoms with Gasteiger partial charge in [0.1, 0.15) is 28.8 Å². The molecule has 0 saturated heterocycles. The second-order valence-corrected chi connectivity index (χ2v) is 9.82. The number of imidazole rings is 1. The van der Waals surface area contributed by atoms with Crippen LogP contribution in [-0.2, 0) is 33.2 Å². The van der Waals surface area contributed by atoms with Crippen molar-refractivity contribution in [2.75, 3.05) is 6.54 Å². The van der Waals surface area contributed by atoms with Crippen molar-refractivity contribution >= 4 is 40.2 Å². The maximum Gasteiger partial charge on any atom is 0.387 e. The Bertz CT molecular complexity index is 1580. The standard InChI is InChI=1S/C26H21Cl2F3N4O4/c1-34-20-7-15(25(36)37)8-21(39-26(30)31)23(20)33-22(34)11-35-5-4-13-6-17(28)24(32-19(13)10-35)38-12-14-2-3-16(27)9-18(14)29/h2-3,6-9,26H,4-5,10-12H2,1H3,(H,36,37). The molecule has 0 saturated carbocycles. The number of alkyl halides is 2. The third-order valence-corrected chi connectivity index (χ3v) is 6.94. The number of hydrogen-bond acceptors (Lipinski definition) is 6. The molecule has 0 unspecified atom stereocenters. The number of halogens is 5. The summed E-state index contributed by atoms with van der Waals surface area (Å²) in [6, 6.07) is 8.48.